The molecule has 0 aliphatic heterocycles. The third kappa shape index (κ3) is 3.37. The fourth-order valence-electron chi connectivity index (χ4n) is 2.02. The fourth-order valence-corrected chi connectivity index (χ4v) is 2.15. The highest BCUT2D eigenvalue weighted by Gasteiger charge is 2.21. The summed E-state index contributed by atoms with van der Waals surface area (Å²) in [7, 11) is 1.61. The highest BCUT2D eigenvalue weighted by molar-refractivity contribution is 6.30. The lowest BCUT2D eigenvalue weighted by Crippen LogP contribution is -2.38. The number of halogens is 1. The van der Waals surface area contributed by atoms with E-state index in [4.69, 9.17) is 16.3 Å². The minimum Gasteiger partial charge on any atom is -0.375 e. The van der Waals surface area contributed by atoms with Gasteiger partial charge in [0.25, 0.3) is 5.91 Å². The van der Waals surface area contributed by atoms with Crippen molar-refractivity contribution in [2.45, 2.75) is 19.1 Å². The first-order valence-corrected chi connectivity index (χ1v) is 6.58. The largest absolute Gasteiger partial charge is 0.375 e. The van der Waals surface area contributed by atoms with Gasteiger partial charge in [0, 0.05) is 18.3 Å². The summed E-state index contributed by atoms with van der Waals surface area (Å²) >= 11 is 5.87. The smallest absolute Gasteiger partial charge is 0.269 e. The summed E-state index contributed by atoms with van der Waals surface area (Å²) in [6.07, 6.45) is 1.28. The highest BCUT2D eigenvalue weighted by Crippen LogP contribution is 2.22. The zero-order chi connectivity index (χ0) is 14.5. The molecule has 20 heavy (non-hydrogen) atoms. The van der Waals surface area contributed by atoms with Crippen LogP contribution in [-0.4, -0.2) is 29.3 Å². The van der Waals surface area contributed by atoms with Crippen LogP contribution in [0.15, 0.2) is 36.5 Å². The number of amides is 1. The summed E-state index contributed by atoms with van der Waals surface area (Å²) in [5.41, 5.74) is 1.37. The lowest BCUT2D eigenvalue weighted by molar-refractivity contribution is 0.0642. The molecule has 1 heterocycles. The zero-order valence-corrected chi connectivity index (χ0v) is 12.0. The summed E-state index contributed by atoms with van der Waals surface area (Å²) in [6, 6.07) is 8.78. The number of ether oxygens (including phenoxy) is 1. The van der Waals surface area contributed by atoms with Crippen molar-refractivity contribution in [1.29, 1.82) is 0 Å². The second-order valence-electron chi connectivity index (χ2n) is 4.44. The number of carbonyl (C=O) groups is 1. The number of benzene rings is 1. The van der Waals surface area contributed by atoms with Gasteiger partial charge in [-0.1, -0.05) is 23.7 Å². The van der Waals surface area contributed by atoms with E-state index in [-0.39, 0.29) is 18.1 Å². The summed E-state index contributed by atoms with van der Waals surface area (Å²) < 4.78 is 5.47. The van der Waals surface area contributed by atoms with Crippen LogP contribution in [0.3, 0.4) is 0 Å². The van der Waals surface area contributed by atoms with Crippen molar-refractivity contribution in [2.24, 2.45) is 0 Å². The van der Waals surface area contributed by atoms with Gasteiger partial charge in [0.15, 0.2) is 0 Å². The average molecular weight is 294 g/mol. The number of hydrogen-bond donors (Lipinski definition) is 2. The van der Waals surface area contributed by atoms with Crippen molar-refractivity contribution in [3.05, 3.63) is 52.8 Å². The molecule has 0 unspecified atom stereocenters. The van der Waals surface area contributed by atoms with E-state index in [9.17, 15) is 4.79 Å². The lowest BCUT2D eigenvalue weighted by atomic mass is 10.0. The van der Waals surface area contributed by atoms with Gasteiger partial charge in [0.1, 0.15) is 11.8 Å². The predicted octanol–water partition coefficient (Wildman–Crippen LogP) is 2.57. The van der Waals surface area contributed by atoms with Gasteiger partial charge in [-0.3, -0.25) is 9.89 Å². The highest BCUT2D eigenvalue weighted by atomic mass is 35.5. The van der Waals surface area contributed by atoms with Crippen LogP contribution in [0, 0.1) is 0 Å². The summed E-state index contributed by atoms with van der Waals surface area (Å²) in [4.78, 5) is 12.0. The first-order valence-electron chi connectivity index (χ1n) is 6.20. The maximum Gasteiger partial charge on any atom is 0.269 e. The molecule has 6 heteroatoms. The van der Waals surface area contributed by atoms with Gasteiger partial charge >= 0.3 is 0 Å². The Morgan fingerprint density at radius 2 is 2.05 bits per heavy atom. The van der Waals surface area contributed by atoms with Crippen LogP contribution < -0.4 is 5.32 Å². The van der Waals surface area contributed by atoms with Gasteiger partial charge < -0.3 is 10.1 Å². The number of nitrogens with zero attached hydrogens (tertiary/aromatic N) is 1. The molecule has 5 nitrogen and oxygen atoms in total. The fraction of sp³-hybridized carbons (Fsp3) is 0.286. The maximum atomic E-state index is 12.0. The Morgan fingerprint density at radius 1 is 1.35 bits per heavy atom. The lowest BCUT2D eigenvalue weighted by Gasteiger charge is -2.24. The van der Waals surface area contributed by atoms with Crippen LogP contribution in [0.25, 0.3) is 0 Å². The molecule has 0 radical (unpaired) electrons. The molecule has 0 aliphatic carbocycles. The van der Waals surface area contributed by atoms with Crippen molar-refractivity contribution in [1.82, 2.24) is 15.5 Å². The number of rotatable bonds is 5. The number of aromatic nitrogens is 2. The number of carbonyl (C=O) groups excluding carboxylic acids is 1. The molecule has 2 N–H and O–H groups in total. The van der Waals surface area contributed by atoms with Gasteiger partial charge in [-0.2, -0.15) is 5.10 Å². The van der Waals surface area contributed by atoms with Gasteiger partial charge in [0.2, 0.25) is 0 Å². The third-order valence-electron chi connectivity index (χ3n) is 3.01. The van der Waals surface area contributed by atoms with Gasteiger partial charge in [-0.15, -0.1) is 0 Å². The van der Waals surface area contributed by atoms with Gasteiger partial charge in [0.05, 0.1) is 6.04 Å². The number of aromatic amines is 1. The van der Waals surface area contributed by atoms with Crippen molar-refractivity contribution in [3.63, 3.8) is 0 Å². The van der Waals surface area contributed by atoms with Crippen molar-refractivity contribution < 1.29 is 9.53 Å². The van der Waals surface area contributed by atoms with E-state index in [0.717, 1.165) is 5.56 Å². The molecular weight excluding hydrogens is 278 g/mol. The predicted molar refractivity (Wildman–Crippen MR) is 76.7 cm³/mol. The van der Waals surface area contributed by atoms with Crippen molar-refractivity contribution in [2.75, 3.05) is 7.11 Å². The van der Waals surface area contributed by atoms with Crippen LogP contribution in [0.5, 0.6) is 0 Å². The van der Waals surface area contributed by atoms with E-state index in [1.807, 2.05) is 19.1 Å². The van der Waals surface area contributed by atoms with E-state index in [1.54, 1.807) is 25.3 Å². The van der Waals surface area contributed by atoms with Crippen LogP contribution in [0.1, 0.15) is 29.1 Å². The Balaban J connectivity index is 2.07. The van der Waals surface area contributed by atoms with Crippen LogP contribution >= 0.6 is 11.6 Å². The number of hydrogen-bond acceptors (Lipinski definition) is 3. The second kappa shape index (κ2) is 6.54. The quantitative estimate of drug-likeness (QED) is 0.890. The standard InChI is InChI=1S/C14H16ClN3O2/c1-9(17-14(19)12-7-8-16-18-12)13(20-2)10-3-5-11(15)6-4-10/h3-9,13H,1-2H3,(H,16,18)(H,17,19)/t9-,13+/m1/s1. The van der Waals surface area contributed by atoms with E-state index >= 15 is 0 Å². The summed E-state index contributed by atoms with van der Waals surface area (Å²) in [5, 5.41) is 9.92. The maximum absolute atomic E-state index is 12.0. The number of methoxy groups -OCH3 is 1. The van der Waals surface area contributed by atoms with Gasteiger partial charge in [-0.25, -0.2) is 0 Å². The van der Waals surface area contributed by atoms with Crippen LogP contribution in [0.4, 0.5) is 0 Å². The van der Waals surface area contributed by atoms with Crippen molar-refractivity contribution >= 4 is 17.5 Å². The van der Waals surface area contributed by atoms with Crippen LogP contribution in [-0.2, 0) is 4.74 Å². The molecule has 0 saturated carbocycles. The first-order chi connectivity index (χ1) is 9.61. The minimum atomic E-state index is -0.251. The molecule has 1 aromatic heterocycles. The Labute approximate surface area is 122 Å². The molecule has 0 aliphatic rings. The van der Waals surface area contributed by atoms with Crippen LogP contribution in [0.2, 0.25) is 5.02 Å². The number of H-pyrrole nitrogens is 1. The Morgan fingerprint density at radius 3 is 2.60 bits per heavy atom. The third-order valence-corrected chi connectivity index (χ3v) is 3.26. The second-order valence-corrected chi connectivity index (χ2v) is 4.88. The normalized spacial score (nSPS) is 13.8. The molecule has 1 amide bonds. The zero-order valence-electron chi connectivity index (χ0n) is 11.3. The molecule has 106 valence electrons. The van der Waals surface area contributed by atoms with E-state index in [1.165, 1.54) is 6.20 Å². The summed E-state index contributed by atoms with van der Waals surface area (Å²) in [5.74, 6) is -0.217. The number of nitrogens with one attached hydrogen (secondary N) is 2. The molecular formula is C14H16ClN3O2. The monoisotopic (exact) mass is 293 g/mol. The van der Waals surface area contributed by atoms with E-state index in [2.05, 4.69) is 15.5 Å². The molecule has 2 atom stereocenters. The Bertz CT molecular complexity index is 554. The molecule has 0 fully saturated rings. The SMILES string of the molecule is CO[C@H](c1ccc(Cl)cc1)[C@@H](C)NC(=O)c1ccn[nH]1. The van der Waals surface area contributed by atoms with Crippen molar-refractivity contribution in [3.8, 4) is 0 Å². The molecule has 0 spiro atoms. The summed E-state index contributed by atoms with van der Waals surface area (Å²) in [6.45, 7) is 1.89. The van der Waals surface area contributed by atoms with Gasteiger partial charge in [-0.05, 0) is 30.7 Å². The van der Waals surface area contributed by atoms with E-state index < -0.39 is 0 Å². The minimum absolute atomic E-state index is 0.197. The topological polar surface area (TPSA) is 67.0 Å². The molecule has 2 rings (SSSR count). The Hall–Kier alpha value is -1.85. The average Bonchev–Trinajstić information content (AvgIpc) is 2.96. The molecule has 1 aromatic carbocycles. The Kier molecular flexibility index (Phi) is 4.76. The molecule has 2 aromatic rings. The molecule has 0 bridgehead atoms. The first kappa shape index (κ1) is 14.6. The van der Waals surface area contributed by atoms with E-state index in [0.29, 0.717) is 10.7 Å². The molecule has 0 saturated heterocycles.